The van der Waals surface area contributed by atoms with Crippen molar-refractivity contribution in [1.82, 2.24) is 10.2 Å². The molecule has 3 heteroatoms. The SMILES string of the molecule is C[C@H]1CCCN(c2cccnn2)C1. The Bertz CT molecular complexity index is 260. The van der Waals surface area contributed by atoms with Gasteiger partial charge < -0.3 is 4.90 Å². The van der Waals surface area contributed by atoms with Crippen LogP contribution >= 0.6 is 0 Å². The van der Waals surface area contributed by atoms with Gasteiger partial charge in [0.05, 0.1) is 0 Å². The topological polar surface area (TPSA) is 29.0 Å². The summed E-state index contributed by atoms with van der Waals surface area (Å²) in [5, 5.41) is 8.01. The molecule has 3 nitrogen and oxygen atoms in total. The van der Waals surface area contributed by atoms with Gasteiger partial charge in [0, 0.05) is 19.3 Å². The highest BCUT2D eigenvalue weighted by molar-refractivity contribution is 5.36. The van der Waals surface area contributed by atoms with Gasteiger partial charge in [-0.05, 0) is 30.9 Å². The quantitative estimate of drug-likeness (QED) is 0.654. The Morgan fingerprint density at radius 1 is 1.54 bits per heavy atom. The van der Waals surface area contributed by atoms with E-state index in [2.05, 4.69) is 22.0 Å². The largest absolute Gasteiger partial charge is 0.355 e. The van der Waals surface area contributed by atoms with Gasteiger partial charge in [-0.15, -0.1) is 5.10 Å². The molecule has 1 atom stereocenters. The Morgan fingerprint density at radius 2 is 2.46 bits per heavy atom. The van der Waals surface area contributed by atoms with Crippen molar-refractivity contribution in [2.24, 2.45) is 5.92 Å². The van der Waals surface area contributed by atoms with Crippen LogP contribution in [0.25, 0.3) is 0 Å². The van der Waals surface area contributed by atoms with Crippen molar-refractivity contribution in [1.29, 1.82) is 0 Å². The average molecular weight is 177 g/mol. The predicted octanol–water partition coefficient (Wildman–Crippen LogP) is 1.71. The molecule has 0 spiro atoms. The zero-order chi connectivity index (χ0) is 9.10. The molecule has 2 heterocycles. The number of anilines is 1. The summed E-state index contributed by atoms with van der Waals surface area (Å²) in [5.41, 5.74) is 0. The summed E-state index contributed by atoms with van der Waals surface area (Å²) in [6.07, 6.45) is 4.34. The van der Waals surface area contributed by atoms with Gasteiger partial charge in [-0.3, -0.25) is 0 Å². The molecule has 1 aromatic heterocycles. The van der Waals surface area contributed by atoms with E-state index in [1.54, 1.807) is 6.20 Å². The lowest BCUT2D eigenvalue weighted by atomic mass is 10.0. The Balaban J connectivity index is 2.08. The molecule has 0 amide bonds. The van der Waals surface area contributed by atoms with E-state index in [1.807, 2.05) is 12.1 Å². The lowest BCUT2D eigenvalue weighted by Gasteiger charge is -2.31. The van der Waals surface area contributed by atoms with Crippen molar-refractivity contribution in [2.75, 3.05) is 18.0 Å². The Hall–Kier alpha value is -1.12. The molecule has 2 rings (SSSR count). The van der Waals surface area contributed by atoms with Crippen LogP contribution in [-0.2, 0) is 0 Å². The fraction of sp³-hybridized carbons (Fsp3) is 0.600. The van der Waals surface area contributed by atoms with E-state index >= 15 is 0 Å². The highest BCUT2D eigenvalue weighted by Crippen LogP contribution is 2.19. The van der Waals surface area contributed by atoms with Crippen LogP contribution in [-0.4, -0.2) is 23.3 Å². The van der Waals surface area contributed by atoms with E-state index in [0.717, 1.165) is 24.8 Å². The first kappa shape index (κ1) is 8.48. The van der Waals surface area contributed by atoms with Crippen molar-refractivity contribution < 1.29 is 0 Å². The Labute approximate surface area is 78.8 Å². The second kappa shape index (κ2) is 3.73. The fourth-order valence-corrected chi connectivity index (χ4v) is 1.86. The second-order valence-electron chi connectivity index (χ2n) is 3.78. The summed E-state index contributed by atoms with van der Waals surface area (Å²) >= 11 is 0. The number of hydrogen-bond donors (Lipinski definition) is 0. The van der Waals surface area contributed by atoms with E-state index in [-0.39, 0.29) is 0 Å². The lowest BCUT2D eigenvalue weighted by molar-refractivity contribution is 0.443. The molecule has 0 unspecified atom stereocenters. The molecule has 0 aliphatic carbocycles. The first-order chi connectivity index (χ1) is 6.36. The molecule has 0 aromatic carbocycles. The highest BCUT2D eigenvalue weighted by atomic mass is 15.3. The molecule has 1 aliphatic heterocycles. The normalized spacial score (nSPS) is 23.2. The minimum atomic E-state index is 0.788. The zero-order valence-corrected chi connectivity index (χ0v) is 7.98. The maximum Gasteiger partial charge on any atom is 0.151 e. The minimum Gasteiger partial charge on any atom is -0.355 e. The molecule has 0 N–H and O–H groups in total. The average Bonchev–Trinajstić information content (AvgIpc) is 2.19. The standard InChI is InChI=1S/C10H15N3/c1-9-4-3-7-13(8-9)10-5-2-6-11-12-10/h2,5-6,9H,3-4,7-8H2,1H3/t9-/m0/s1. The third kappa shape index (κ3) is 1.97. The summed E-state index contributed by atoms with van der Waals surface area (Å²) in [5.74, 6) is 1.81. The summed E-state index contributed by atoms with van der Waals surface area (Å²) in [6.45, 7) is 4.55. The summed E-state index contributed by atoms with van der Waals surface area (Å²) in [4.78, 5) is 2.32. The van der Waals surface area contributed by atoms with E-state index in [4.69, 9.17) is 0 Å². The maximum atomic E-state index is 4.11. The predicted molar refractivity (Wildman–Crippen MR) is 52.6 cm³/mol. The van der Waals surface area contributed by atoms with Gasteiger partial charge in [-0.25, -0.2) is 0 Å². The molecular weight excluding hydrogens is 162 g/mol. The molecule has 13 heavy (non-hydrogen) atoms. The Kier molecular flexibility index (Phi) is 2.43. The third-order valence-corrected chi connectivity index (χ3v) is 2.54. The van der Waals surface area contributed by atoms with Crippen molar-refractivity contribution in [3.05, 3.63) is 18.3 Å². The number of piperidine rings is 1. The van der Waals surface area contributed by atoms with Crippen molar-refractivity contribution in [2.45, 2.75) is 19.8 Å². The first-order valence-corrected chi connectivity index (χ1v) is 4.89. The second-order valence-corrected chi connectivity index (χ2v) is 3.78. The zero-order valence-electron chi connectivity index (χ0n) is 7.98. The van der Waals surface area contributed by atoms with Crippen molar-refractivity contribution in [3.8, 4) is 0 Å². The molecule has 1 aromatic rings. The van der Waals surface area contributed by atoms with Crippen LogP contribution in [0.3, 0.4) is 0 Å². The monoisotopic (exact) mass is 177 g/mol. The fourth-order valence-electron chi connectivity index (χ4n) is 1.86. The van der Waals surface area contributed by atoms with Gasteiger partial charge >= 0.3 is 0 Å². The summed E-state index contributed by atoms with van der Waals surface area (Å²) in [7, 11) is 0. The molecule has 1 fully saturated rings. The molecule has 1 aliphatic rings. The number of rotatable bonds is 1. The van der Waals surface area contributed by atoms with Crippen molar-refractivity contribution in [3.63, 3.8) is 0 Å². The first-order valence-electron chi connectivity index (χ1n) is 4.89. The van der Waals surface area contributed by atoms with Crippen LogP contribution < -0.4 is 4.90 Å². The molecule has 0 bridgehead atoms. The lowest BCUT2D eigenvalue weighted by Crippen LogP contribution is -2.34. The highest BCUT2D eigenvalue weighted by Gasteiger charge is 2.16. The Morgan fingerprint density at radius 3 is 3.15 bits per heavy atom. The summed E-state index contributed by atoms with van der Waals surface area (Å²) in [6, 6.07) is 3.98. The van der Waals surface area contributed by atoms with Gasteiger partial charge in [0.15, 0.2) is 5.82 Å². The third-order valence-electron chi connectivity index (χ3n) is 2.54. The molecule has 0 radical (unpaired) electrons. The minimum absolute atomic E-state index is 0.788. The van der Waals surface area contributed by atoms with Gasteiger partial charge in [0.1, 0.15) is 0 Å². The van der Waals surface area contributed by atoms with Crippen LogP contribution in [0.15, 0.2) is 18.3 Å². The molecular formula is C10H15N3. The molecule has 0 saturated carbocycles. The van der Waals surface area contributed by atoms with Crippen LogP contribution in [0, 0.1) is 5.92 Å². The number of aromatic nitrogens is 2. The van der Waals surface area contributed by atoms with Crippen LogP contribution in [0.1, 0.15) is 19.8 Å². The van der Waals surface area contributed by atoms with Crippen molar-refractivity contribution >= 4 is 5.82 Å². The van der Waals surface area contributed by atoms with Crippen LogP contribution in [0.2, 0.25) is 0 Å². The smallest absolute Gasteiger partial charge is 0.151 e. The van der Waals surface area contributed by atoms with E-state index in [0.29, 0.717) is 0 Å². The maximum absolute atomic E-state index is 4.11. The molecule has 1 saturated heterocycles. The summed E-state index contributed by atoms with van der Waals surface area (Å²) < 4.78 is 0. The molecule has 70 valence electrons. The van der Waals surface area contributed by atoms with Crippen LogP contribution in [0.5, 0.6) is 0 Å². The number of hydrogen-bond acceptors (Lipinski definition) is 3. The van der Waals surface area contributed by atoms with E-state index < -0.39 is 0 Å². The van der Waals surface area contributed by atoms with Gasteiger partial charge in [0.2, 0.25) is 0 Å². The van der Waals surface area contributed by atoms with Gasteiger partial charge in [-0.1, -0.05) is 6.92 Å². The van der Waals surface area contributed by atoms with Gasteiger partial charge in [0.25, 0.3) is 0 Å². The number of nitrogens with zero attached hydrogens (tertiary/aromatic N) is 3. The van der Waals surface area contributed by atoms with E-state index in [1.165, 1.54) is 12.8 Å². The van der Waals surface area contributed by atoms with Gasteiger partial charge in [-0.2, -0.15) is 5.10 Å². The van der Waals surface area contributed by atoms with E-state index in [9.17, 15) is 0 Å². The van der Waals surface area contributed by atoms with Crippen LogP contribution in [0.4, 0.5) is 5.82 Å².